The normalized spacial score (nSPS) is 18.2. The van der Waals surface area contributed by atoms with E-state index in [0.29, 0.717) is 24.5 Å². The molecule has 8 nitrogen and oxygen atoms in total. The van der Waals surface area contributed by atoms with Crippen LogP contribution >= 0.6 is 0 Å². The summed E-state index contributed by atoms with van der Waals surface area (Å²) >= 11 is 0. The fourth-order valence-corrected chi connectivity index (χ4v) is 2.25. The Morgan fingerprint density at radius 2 is 2.20 bits per heavy atom. The smallest absolute Gasteiger partial charge is 0.222 e. The standard InChI is InChI=1S/C11H17N7O.Re/c12-4-7-8(13)16-11(15)17-10(7)18-3-1-2-6(5-18)9(14)19;/h4,6H,1-3,5H2,(H7,12,13,14,15,16,17,19);/p-1. The Morgan fingerprint density at radius 1 is 1.50 bits per heavy atom. The topological polar surface area (TPSA) is 146 Å². The number of piperidine rings is 1. The van der Waals surface area contributed by atoms with E-state index in [4.69, 9.17) is 22.6 Å². The van der Waals surface area contributed by atoms with Gasteiger partial charge in [0.05, 0.1) is 5.92 Å². The molecule has 1 aromatic rings. The van der Waals surface area contributed by atoms with Crippen molar-refractivity contribution in [2.45, 2.75) is 12.8 Å². The van der Waals surface area contributed by atoms with Crippen LogP contribution in [-0.2, 0) is 25.2 Å². The first-order valence-electron chi connectivity index (χ1n) is 5.96. The van der Waals surface area contributed by atoms with Gasteiger partial charge in [-0.05, 0) is 18.7 Å². The Labute approximate surface area is 130 Å². The van der Waals surface area contributed by atoms with Gasteiger partial charge in [-0.3, -0.25) is 4.79 Å². The molecule has 0 spiro atoms. The fraction of sp³-hybridized carbons (Fsp3) is 0.455. The summed E-state index contributed by atoms with van der Waals surface area (Å²) in [6.07, 6.45) is 2.59. The Hall–Kier alpha value is -1.72. The first kappa shape index (κ1) is 16.3. The number of hydrogen-bond acceptors (Lipinski definition) is 6. The third kappa shape index (κ3) is 3.24. The van der Waals surface area contributed by atoms with E-state index >= 15 is 0 Å². The minimum atomic E-state index is -0.339. The first-order valence-corrected chi connectivity index (χ1v) is 5.96. The van der Waals surface area contributed by atoms with Gasteiger partial charge in [-0.15, -0.1) is 0 Å². The second-order valence-corrected chi connectivity index (χ2v) is 4.50. The van der Waals surface area contributed by atoms with Crippen molar-refractivity contribution in [3.63, 3.8) is 0 Å². The van der Waals surface area contributed by atoms with E-state index in [9.17, 15) is 4.79 Å². The molecule has 0 aliphatic carbocycles. The molecule has 1 aliphatic rings. The van der Waals surface area contributed by atoms with Crippen molar-refractivity contribution in [3.8, 4) is 0 Å². The van der Waals surface area contributed by atoms with Crippen LogP contribution in [0.3, 0.4) is 0 Å². The summed E-state index contributed by atoms with van der Waals surface area (Å²) < 4.78 is 0. The second-order valence-electron chi connectivity index (χ2n) is 4.50. The molecular formula is C11H16N7ORe-. The van der Waals surface area contributed by atoms with Gasteiger partial charge in [0.25, 0.3) is 0 Å². The number of hydrogen-bond donors (Lipinski definition) is 3. The number of anilines is 2. The summed E-state index contributed by atoms with van der Waals surface area (Å²) in [5.41, 5.74) is 18.9. The van der Waals surface area contributed by atoms with Crippen LogP contribution < -0.4 is 16.4 Å². The number of nitrogens with zero attached hydrogens (tertiary/aromatic N) is 3. The van der Waals surface area contributed by atoms with E-state index < -0.39 is 0 Å². The minimum absolute atomic E-state index is 0. The molecule has 1 atom stereocenters. The molecule has 2 rings (SSSR count). The number of primary amides is 1. The molecule has 2 heterocycles. The molecule has 1 fully saturated rings. The van der Waals surface area contributed by atoms with Gasteiger partial charge in [-0.25, -0.2) is 4.98 Å². The van der Waals surface area contributed by atoms with Crippen LogP contribution in [0.15, 0.2) is 0 Å². The van der Waals surface area contributed by atoms with E-state index in [1.165, 1.54) is 0 Å². The molecular weight excluding hydrogens is 432 g/mol. The van der Waals surface area contributed by atoms with Crippen molar-refractivity contribution in [3.05, 3.63) is 11.3 Å². The van der Waals surface area contributed by atoms with Crippen LogP contribution in [0, 0.1) is 11.3 Å². The predicted octanol–water partition coefficient (Wildman–Crippen LogP) is 0.439. The molecule has 1 aliphatic heterocycles. The van der Waals surface area contributed by atoms with Gasteiger partial charge in [0.15, 0.2) is 0 Å². The van der Waals surface area contributed by atoms with Crippen molar-refractivity contribution in [1.29, 1.82) is 5.41 Å². The van der Waals surface area contributed by atoms with Crippen molar-refractivity contribution in [2.24, 2.45) is 11.7 Å². The minimum Gasteiger partial charge on any atom is -0.481 e. The van der Waals surface area contributed by atoms with Gasteiger partial charge in [0, 0.05) is 45.3 Å². The van der Waals surface area contributed by atoms with Gasteiger partial charge in [-0.1, -0.05) is 0 Å². The van der Waals surface area contributed by atoms with Crippen molar-refractivity contribution >= 4 is 29.7 Å². The number of nitrogens with two attached hydrogens (primary N) is 2. The van der Waals surface area contributed by atoms with Crippen LogP contribution in [0.5, 0.6) is 0 Å². The van der Waals surface area contributed by atoms with E-state index in [0.717, 1.165) is 19.1 Å². The van der Waals surface area contributed by atoms with Crippen molar-refractivity contribution < 1.29 is 25.2 Å². The molecule has 1 unspecified atom stereocenters. The van der Waals surface area contributed by atoms with Crippen LogP contribution in [0.4, 0.5) is 17.6 Å². The average Bonchev–Trinajstić information content (AvgIpc) is 2.38. The molecule has 0 saturated carbocycles. The summed E-state index contributed by atoms with van der Waals surface area (Å²) in [5, 5.41) is 7.37. The van der Waals surface area contributed by atoms with Gasteiger partial charge in [0.2, 0.25) is 5.91 Å². The zero-order chi connectivity index (χ0) is 14.0. The molecule has 20 heavy (non-hydrogen) atoms. The maximum absolute atomic E-state index is 11.3. The predicted molar refractivity (Wildman–Crippen MR) is 72.4 cm³/mol. The quantitative estimate of drug-likeness (QED) is 0.575. The van der Waals surface area contributed by atoms with Gasteiger partial charge in [0.1, 0.15) is 11.8 Å². The fourth-order valence-electron chi connectivity index (χ4n) is 2.25. The average molecular weight is 449 g/mol. The first-order chi connectivity index (χ1) is 9.02. The molecule has 1 aromatic heterocycles. The van der Waals surface area contributed by atoms with Crippen LogP contribution in [0.1, 0.15) is 18.4 Å². The SMILES string of the molecule is N=Cc1c([NH-])nc(N)nc1N1CCCC(C(N)=O)C1.[Re]. The number of rotatable bonds is 3. The number of nitrogen functional groups attached to an aromatic ring is 1. The number of carbonyl (C=O) groups excluding carboxylic acids is 1. The van der Waals surface area contributed by atoms with E-state index in [2.05, 4.69) is 9.97 Å². The molecule has 0 bridgehead atoms. The molecule has 9 heteroatoms. The largest absolute Gasteiger partial charge is 0.481 e. The van der Waals surface area contributed by atoms with Gasteiger partial charge < -0.3 is 32.5 Å². The number of nitrogens with one attached hydrogen (secondary N) is 2. The maximum atomic E-state index is 11.3. The van der Waals surface area contributed by atoms with E-state index in [-0.39, 0.29) is 44.0 Å². The summed E-state index contributed by atoms with van der Waals surface area (Å²) in [6.45, 7) is 1.13. The Bertz CT molecular complexity index is 522. The zero-order valence-corrected chi connectivity index (χ0v) is 13.5. The number of aromatic nitrogens is 2. The van der Waals surface area contributed by atoms with Crippen LogP contribution in [-0.4, -0.2) is 35.2 Å². The Kier molecular flexibility index (Phi) is 5.42. The number of carbonyl (C=O) groups is 1. The van der Waals surface area contributed by atoms with Crippen molar-refractivity contribution in [2.75, 3.05) is 23.7 Å². The summed E-state index contributed by atoms with van der Waals surface area (Å²) in [7, 11) is 0. The van der Waals surface area contributed by atoms with E-state index in [1.807, 2.05) is 4.90 Å². The van der Waals surface area contributed by atoms with Gasteiger partial charge >= 0.3 is 0 Å². The summed E-state index contributed by atoms with van der Waals surface area (Å²) in [4.78, 5) is 20.9. The monoisotopic (exact) mass is 449 g/mol. The van der Waals surface area contributed by atoms with E-state index in [1.54, 1.807) is 0 Å². The van der Waals surface area contributed by atoms with Crippen LogP contribution in [0.25, 0.3) is 5.73 Å². The van der Waals surface area contributed by atoms with Crippen LogP contribution in [0.2, 0.25) is 0 Å². The molecule has 1 radical (unpaired) electrons. The summed E-state index contributed by atoms with van der Waals surface area (Å²) in [6, 6.07) is 0. The van der Waals surface area contributed by atoms with Crippen molar-refractivity contribution in [1.82, 2.24) is 9.97 Å². The van der Waals surface area contributed by atoms with Gasteiger partial charge in [-0.2, -0.15) is 0 Å². The molecule has 1 saturated heterocycles. The maximum Gasteiger partial charge on any atom is 0.222 e. The molecule has 109 valence electrons. The Morgan fingerprint density at radius 3 is 2.80 bits per heavy atom. The third-order valence-electron chi connectivity index (χ3n) is 3.21. The number of amides is 1. The molecule has 1 amide bonds. The summed E-state index contributed by atoms with van der Waals surface area (Å²) in [5.74, 6) is -0.240. The Balaban J connectivity index is 0.00000200. The molecule has 6 N–H and O–H groups in total. The second kappa shape index (κ2) is 6.63. The molecule has 0 aromatic carbocycles. The third-order valence-corrected chi connectivity index (χ3v) is 3.21. The zero-order valence-electron chi connectivity index (χ0n) is 10.8.